The second-order valence-corrected chi connectivity index (χ2v) is 7.18. The first-order valence-corrected chi connectivity index (χ1v) is 9.06. The number of aryl methyl sites for hydroxylation is 2. The smallest absolute Gasteiger partial charge is 0.254 e. The third kappa shape index (κ3) is 2.13. The van der Waals surface area contributed by atoms with E-state index in [1.807, 2.05) is 12.1 Å². The Morgan fingerprint density at radius 2 is 2.00 bits per heavy atom. The van der Waals surface area contributed by atoms with Crippen molar-refractivity contribution in [2.75, 3.05) is 6.54 Å². The number of amides is 1. The summed E-state index contributed by atoms with van der Waals surface area (Å²) in [5.74, 6) is 0.132. The number of nitrogens with zero attached hydrogens (tertiary/aromatic N) is 3. The number of hydrogen-bond donors (Lipinski definition) is 0. The number of hydrogen-bond acceptors (Lipinski definition) is 2. The summed E-state index contributed by atoms with van der Waals surface area (Å²) in [4.78, 5) is 19.2. The molecule has 1 atom stereocenters. The van der Waals surface area contributed by atoms with Crippen molar-refractivity contribution in [3.8, 4) is 0 Å². The number of fused-ring (bicyclic) bond motifs is 3. The molecule has 0 unspecified atom stereocenters. The van der Waals surface area contributed by atoms with Crippen LogP contribution in [0.25, 0.3) is 10.9 Å². The average molecular weight is 331 g/mol. The van der Waals surface area contributed by atoms with Crippen LogP contribution >= 0.6 is 0 Å². The second kappa shape index (κ2) is 5.45. The van der Waals surface area contributed by atoms with Gasteiger partial charge in [-0.25, -0.2) is 0 Å². The minimum absolute atomic E-state index is 0.132. The Hall–Kier alpha value is -2.62. The Labute approximate surface area is 147 Å². The molecule has 2 aliphatic rings. The van der Waals surface area contributed by atoms with Gasteiger partial charge < -0.3 is 9.47 Å². The van der Waals surface area contributed by atoms with E-state index in [9.17, 15) is 4.79 Å². The number of aromatic nitrogens is 2. The highest BCUT2D eigenvalue weighted by molar-refractivity contribution is 5.95. The molecule has 1 aliphatic heterocycles. The van der Waals surface area contributed by atoms with Crippen molar-refractivity contribution in [1.82, 2.24) is 14.5 Å². The average Bonchev–Trinajstić information content (AvgIpc) is 2.97. The highest BCUT2D eigenvalue weighted by Crippen LogP contribution is 2.43. The van der Waals surface area contributed by atoms with Crippen molar-refractivity contribution in [3.05, 3.63) is 65.1 Å². The molecule has 3 heterocycles. The molecule has 1 aromatic carbocycles. The summed E-state index contributed by atoms with van der Waals surface area (Å²) in [6.07, 6.45) is 6.71. The Balaban J connectivity index is 1.64. The van der Waals surface area contributed by atoms with E-state index in [1.54, 1.807) is 12.4 Å². The highest BCUT2D eigenvalue weighted by atomic mass is 16.2. The highest BCUT2D eigenvalue weighted by Gasteiger charge is 2.37. The summed E-state index contributed by atoms with van der Waals surface area (Å²) < 4.78 is 2.46. The summed E-state index contributed by atoms with van der Waals surface area (Å²) >= 11 is 0. The molecule has 0 radical (unpaired) electrons. The molecule has 25 heavy (non-hydrogen) atoms. The van der Waals surface area contributed by atoms with Crippen molar-refractivity contribution in [2.45, 2.75) is 38.8 Å². The van der Waals surface area contributed by atoms with E-state index in [2.05, 4.69) is 39.6 Å². The summed E-state index contributed by atoms with van der Waals surface area (Å²) in [6.45, 7) is 3.81. The van der Waals surface area contributed by atoms with E-state index in [0.29, 0.717) is 0 Å². The van der Waals surface area contributed by atoms with Crippen LogP contribution in [0.4, 0.5) is 0 Å². The molecule has 0 saturated carbocycles. The maximum atomic E-state index is 13.1. The van der Waals surface area contributed by atoms with Crippen molar-refractivity contribution < 1.29 is 4.79 Å². The van der Waals surface area contributed by atoms with Gasteiger partial charge >= 0.3 is 0 Å². The van der Waals surface area contributed by atoms with Gasteiger partial charge in [-0.1, -0.05) is 11.6 Å². The van der Waals surface area contributed by atoms with E-state index >= 15 is 0 Å². The van der Waals surface area contributed by atoms with Crippen molar-refractivity contribution in [2.24, 2.45) is 0 Å². The summed E-state index contributed by atoms with van der Waals surface area (Å²) in [6, 6.07) is 10.6. The lowest BCUT2D eigenvalue weighted by molar-refractivity contribution is 0.0601. The molecule has 2 aromatic heterocycles. The number of pyridine rings is 1. The summed E-state index contributed by atoms with van der Waals surface area (Å²) in [5.41, 5.74) is 6.21. The molecular formula is C21H21N3O. The third-order valence-electron chi connectivity index (χ3n) is 5.72. The van der Waals surface area contributed by atoms with Crippen LogP contribution in [0.2, 0.25) is 0 Å². The van der Waals surface area contributed by atoms with Crippen LogP contribution in [-0.2, 0) is 13.0 Å². The van der Waals surface area contributed by atoms with Crippen molar-refractivity contribution >= 4 is 16.8 Å². The fraction of sp³-hybridized carbons (Fsp3) is 0.333. The fourth-order valence-electron chi connectivity index (χ4n) is 4.62. The van der Waals surface area contributed by atoms with Gasteiger partial charge in [0.2, 0.25) is 0 Å². The van der Waals surface area contributed by atoms with Gasteiger partial charge in [0, 0.05) is 47.6 Å². The van der Waals surface area contributed by atoms with Crippen LogP contribution < -0.4 is 0 Å². The topological polar surface area (TPSA) is 38.1 Å². The molecule has 0 N–H and O–H groups in total. The molecule has 1 amide bonds. The van der Waals surface area contributed by atoms with Crippen LogP contribution in [0.15, 0.2) is 42.7 Å². The quantitative estimate of drug-likeness (QED) is 0.679. The zero-order chi connectivity index (χ0) is 17.0. The van der Waals surface area contributed by atoms with Crippen LogP contribution in [-0.4, -0.2) is 26.9 Å². The summed E-state index contributed by atoms with van der Waals surface area (Å²) in [7, 11) is 0. The molecule has 0 spiro atoms. The number of carbonyl (C=O) groups is 1. The Kier molecular flexibility index (Phi) is 3.20. The molecule has 4 heteroatoms. The Morgan fingerprint density at radius 1 is 1.16 bits per heavy atom. The standard InChI is InChI=1S/C21H21N3O/c1-14-5-6-18-17(13-14)16-3-2-4-19-20(16)23(18)11-12-24(19)21(25)15-7-9-22-10-8-15/h5-10,13,19H,2-4,11-12H2,1H3/t19-/m1/s1. The lowest BCUT2D eigenvalue weighted by Gasteiger charge is -2.40. The van der Waals surface area contributed by atoms with Gasteiger partial charge in [-0.2, -0.15) is 0 Å². The molecule has 0 bridgehead atoms. The zero-order valence-electron chi connectivity index (χ0n) is 14.4. The van der Waals surface area contributed by atoms with Crippen molar-refractivity contribution in [1.29, 1.82) is 0 Å². The van der Waals surface area contributed by atoms with Crippen molar-refractivity contribution in [3.63, 3.8) is 0 Å². The Bertz CT molecular complexity index is 974. The Morgan fingerprint density at radius 3 is 2.84 bits per heavy atom. The molecule has 3 aromatic rings. The minimum Gasteiger partial charge on any atom is -0.341 e. The van der Waals surface area contributed by atoms with E-state index in [0.717, 1.165) is 37.9 Å². The fourth-order valence-corrected chi connectivity index (χ4v) is 4.62. The molecule has 126 valence electrons. The molecule has 0 saturated heterocycles. The first kappa shape index (κ1) is 14.7. The lowest BCUT2D eigenvalue weighted by atomic mass is 9.89. The third-order valence-corrected chi connectivity index (χ3v) is 5.72. The minimum atomic E-state index is 0.132. The molecular weight excluding hydrogens is 310 g/mol. The number of benzene rings is 1. The first-order valence-electron chi connectivity index (χ1n) is 9.06. The van der Waals surface area contributed by atoms with Gasteiger partial charge in [-0.05, 0) is 56.0 Å². The maximum absolute atomic E-state index is 13.1. The first-order chi connectivity index (χ1) is 12.2. The molecule has 0 fully saturated rings. The van der Waals surface area contributed by atoms with Crippen LogP contribution in [0.3, 0.4) is 0 Å². The summed E-state index contributed by atoms with van der Waals surface area (Å²) in [5, 5.41) is 1.39. The van der Waals surface area contributed by atoms with Gasteiger partial charge in [0.05, 0.1) is 6.04 Å². The normalized spacial score (nSPS) is 19.1. The maximum Gasteiger partial charge on any atom is 0.254 e. The lowest BCUT2D eigenvalue weighted by Crippen LogP contribution is -2.43. The monoisotopic (exact) mass is 331 g/mol. The van der Waals surface area contributed by atoms with Crippen LogP contribution in [0.1, 0.15) is 46.1 Å². The van der Waals surface area contributed by atoms with Crippen LogP contribution in [0, 0.1) is 6.92 Å². The predicted molar refractivity (Wildman–Crippen MR) is 97.6 cm³/mol. The van der Waals surface area contributed by atoms with Crippen LogP contribution in [0.5, 0.6) is 0 Å². The van der Waals surface area contributed by atoms with Gasteiger partial charge in [0.1, 0.15) is 0 Å². The molecule has 5 rings (SSSR count). The van der Waals surface area contributed by atoms with Gasteiger partial charge in [0.15, 0.2) is 0 Å². The van der Waals surface area contributed by atoms with E-state index in [1.165, 1.54) is 27.7 Å². The second-order valence-electron chi connectivity index (χ2n) is 7.18. The molecule has 1 aliphatic carbocycles. The SMILES string of the molecule is Cc1ccc2c(c1)c1c3n2CCN(C(=O)c2ccncc2)[C@@H]3CCC1. The van der Waals surface area contributed by atoms with Gasteiger partial charge in [-0.15, -0.1) is 0 Å². The predicted octanol–water partition coefficient (Wildman–Crippen LogP) is 3.88. The number of rotatable bonds is 1. The van der Waals surface area contributed by atoms with Gasteiger partial charge in [0.25, 0.3) is 5.91 Å². The zero-order valence-corrected chi connectivity index (χ0v) is 14.4. The van der Waals surface area contributed by atoms with E-state index in [-0.39, 0.29) is 11.9 Å². The van der Waals surface area contributed by atoms with E-state index in [4.69, 9.17) is 0 Å². The van der Waals surface area contributed by atoms with Gasteiger partial charge in [-0.3, -0.25) is 9.78 Å². The largest absolute Gasteiger partial charge is 0.341 e. The number of carbonyl (C=O) groups excluding carboxylic acids is 1. The molecule has 4 nitrogen and oxygen atoms in total. The van der Waals surface area contributed by atoms with E-state index < -0.39 is 0 Å².